The van der Waals surface area contributed by atoms with Crippen molar-refractivity contribution in [3.8, 4) is 0 Å². The van der Waals surface area contributed by atoms with Gasteiger partial charge in [-0.15, -0.1) is 0 Å². The molecule has 2 nitrogen and oxygen atoms in total. The molecule has 0 amide bonds. The molecule has 13 heavy (non-hydrogen) atoms. The first kappa shape index (κ1) is 10.3. The van der Waals surface area contributed by atoms with E-state index < -0.39 is 24.0 Å². The highest BCUT2D eigenvalue weighted by atomic mass is 19.4. The van der Waals surface area contributed by atoms with Crippen LogP contribution in [0.15, 0.2) is 0 Å². The Morgan fingerprint density at radius 3 is 2.54 bits per heavy atom. The molecule has 0 aromatic carbocycles. The number of rotatable bonds is 3. The molecular formula is C8H11F3O2. The van der Waals surface area contributed by atoms with Crippen LogP contribution in [0, 0.1) is 11.8 Å². The van der Waals surface area contributed by atoms with Gasteiger partial charge in [0.2, 0.25) is 0 Å². The third-order valence-corrected chi connectivity index (χ3v) is 1.96. The maximum absolute atomic E-state index is 12.0. The maximum Gasteiger partial charge on any atom is 0.392 e. The van der Waals surface area contributed by atoms with Crippen LogP contribution in [0.1, 0.15) is 19.8 Å². The summed E-state index contributed by atoms with van der Waals surface area (Å²) >= 11 is 0. The molecule has 1 aliphatic carbocycles. The number of halogens is 3. The Bertz CT molecular complexity index is 200. The first-order valence-corrected chi connectivity index (χ1v) is 4.20. The van der Waals surface area contributed by atoms with Crippen LogP contribution in [0.3, 0.4) is 0 Å². The van der Waals surface area contributed by atoms with E-state index in [1.807, 2.05) is 0 Å². The van der Waals surface area contributed by atoms with E-state index in [1.165, 1.54) is 0 Å². The molecule has 1 saturated carbocycles. The van der Waals surface area contributed by atoms with Crippen molar-refractivity contribution in [1.82, 2.24) is 0 Å². The van der Waals surface area contributed by atoms with Gasteiger partial charge >= 0.3 is 12.1 Å². The van der Waals surface area contributed by atoms with E-state index in [0.717, 1.165) is 0 Å². The average molecular weight is 196 g/mol. The van der Waals surface area contributed by atoms with Crippen LogP contribution in [-0.4, -0.2) is 18.8 Å². The van der Waals surface area contributed by atoms with Gasteiger partial charge in [0, 0.05) is 0 Å². The van der Waals surface area contributed by atoms with Gasteiger partial charge in [0.05, 0.1) is 18.4 Å². The summed E-state index contributed by atoms with van der Waals surface area (Å²) in [6.07, 6.45) is -3.71. The van der Waals surface area contributed by atoms with E-state index in [0.29, 0.717) is 6.42 Å². The SMILES string of the molecule is CCCOC(=O)C1CC1C(F)(F)F. The van der Waals surface area contributed by atoms with E-state index >= 15 is 0 Å². The summed E-state index contributed by atoms with van der Waals surface area (Å²) in [6.45, 7) is 2.00. The Hall–Kier alpha value is -0.740. The zero-order valence-electron chi connectivity index (χ0n) is 7.23. The smallest absolute Gasteiger partial charge is 0.392 e. The highest BCUT2D eigenvalue weighted by molar-refractivity contribution is 5.75. The predicted octanol–water partition coefficient (Wildman–Crippen LogP) is 2.14. The first-order chi connectivity index (χ1) is 5.96. The number of hydrogen-bond acceptors (Lipinski definition) is 2. The molecule has 0 bridgehead atoms. The van der Waals surface area contributed by atoms with E-state index in [-0.39, 0.29) is 13.0 Å². The van der Waals surface area contributed by atoms with Crippen LogP contribution >= 0.6 is 0 Å². The summed E-state index contributed by atoms with van der Waals surface area (Å²) in [7, 11) is 0. The molecule has 0 spiro atoms. The summed E-state index contributed by atoms with van der Waals surface area (Å²) in [4.78, 5) is 10.9. The molecule has 0 aliphatic heterocycles. The molecule has 0 aromatic heterocycles. The molecule has 0 radical (unpaired) electrons. The summed E-state index contributed by atoms with van der Waals surface area (Å²) < 4.78 is 40.5. The second kappa shape index (κ2) is 3.55. The molecule has 1 fully saturated rings. The number of hydrogen-bond donors (Lipinski definition) is 0. The number of ether oxygens (including phenoxy) is 1. The monoisotopic (exact) mass is 196 g/mol. The van der Waals surface area contributed by atoms with Gasteiger partial charge in [-0.2, -0.15) is 13.2 Å². The van der Waals surface area contributed by atoms with Gasteiger partial charge in [-0.05, 0) is 12.8 Å². The first-order valence-electron chi connectivity index (χ1n) is 4.20. The standard InChI is InChI=1S/C8H11F3O2/c1-2-3-13-7(12)5-4-6(5)8(9,10)11/h5-6H,2-4H2,1H3. The predicted molar refractivity (Wildman–Crippen MR) is 38.9 cm³/mol. The normalized spacial score (nSPS) is 27.1. The van der Waals surface area contributed by atoms with E-state index in [4.69, 9.17) is 0 Å². The molecule has 76 valence electrons. The second-order valence-corrected chi connectivity index (χ2v) is 3.16. The summed E-state index contributed by atoms with van der Waals surface area (Å²) in [6, 6.07) is 0. The minimum absolute atomic E-state index is 0.105. The van der Waals surface area contributed by atoms with Crippen molar-refractivity contribution in [1.29, 1.82) is 0 Å². The molecule has 0 saturated heterocycles. The second-order valence-electron chi connectivity index (χ2n) is 3.16. The maximum atomic E-state index is 12.0. The van der Waals surface area contributed by atoms with Crippen LogP contribution in [-0.2, 0) is 9.53 Å². The quantitative estimate of drug-likeness (QED) is 0.646. The lowest BCUT2D eigenvalue weighted by Gasteiger charge is -2.05. The topological polar surface area (TPSA) is 26.3 Å². The zero-order chi connectivity index (χ0) is 10.1. The summed E-state index contributed by atoms with van der Waals surface area (Å²) in [5.41, 5.74) is 0. The lowest BCUT2D eigenvalue weighted by atomic mass is 10.3. The van der Waals surface area contributed by atoms with Gasteiger partial charge in [0.15, 0.2) is 0 Å². The van der Waals surface area contributed by atoms with Gasteiger partial charge in [-0.3, -0.25) is 4.79 Å². The van der Waals surface area contributed by atoms with E-state index in [2.05, 4.69) is 4.74 Å². The molecule has 1 rings (SSSR count). The van der Waals surface area contributed by atoms with Crippen molar-refractivity contribution < 1.29 is 22.7 Å². The largest absolute Gasteiger partial charge is 0.465 e. The lowest BCUT2D eigenvalue weighted by Crippen LogP contribution is -2.17. The number of carbonyl (C=O) groups is 1. The Balaban J connectivity index is 2.30. The third kappa shape index (κ3) is 2.60. The molecule has 1 aliphatic rings. The molecule has 0 heterocycles. The van der Waals surface area contributed by atoms with E-state index in [1.54, 1.807) is 6.92 Å². The van der Waals surface area contributed by atoms with Gasteiger partial charge < -0.3 is 4.74 Å². The lowest BCUT2D eigenvalue weighted by molar-refractivity contribution is -0.163. The fourth-order valence-electron chi connectivity index (χ4n) is 1.13. The molecule has 2 unspecified atom stereocenters. The Kier molecular flexibility index (Phi) is 2.83. The van der Waals surface area contributed by atoms with Crippen molar-refractivity contribution in [3.05, 3.63) is 0 Å². The van der Waals surface area contributed by atoms with E-state index in [9.17, 15) is 18.0 Å². The van der Waals surface area contributed by atoms with Crippen molar-refractivity contribution in [2.24, 2.45) is 11.8 Å². The average Bonchev–Trinajstić information content (AvgIpc) is 2.77. The number of alkyl halides is 3. The molecule has 0 aromatic rings. The van der Waals surface area contributed by atoms with Crippen molar-refractivity contribution in [2.45, 2.75) is 25.9 Å². The molecule has 2 atom stereocenters. The highest BCUT2D eigenvalue weighted by Gasteiger charge is 2.59. The molecule has 5 heteroatoms. The fraction of sp³-hybridized carbons (Fsp3) is 0.875. The number of esters is 1. The summed E-state index contributed by atoms with van der Waals surface area (Å²) in [5, 5.41) is 0. The van der Waals surface area contributed by atoms with Gasteiger partial charge in [-0.25, -0.2) is 0 Å². The highest BCUT2D eigenvalue weighted by Crippen LogP contribution is 2.50. The molecular weight excluding hydrogens is 185 g/mol. The van der Waals surface area contributed by atoms with Gasteiger partial charge in [0.25, 0.3) is 0 Å². The minimum atomic E-state index is -4.24. The van der Waals surface area contributed by atoms with Crippen LogP contribution in [0.25, 0.3) is 0 Å². The van der Waals surface area contributed by atoms with Crippen molar-refractivity contribution in [2.75, 3.05) is 6.61 Å². The Morgan fingerprint density at radius 2 is 2.15 bits per heavy atom. The van der Waals surface area contributed by atoms with Crippen LogP contribution < -0.4 is 0 Å². The van der Waals surface area contributed by atoms with Gasteiger partial charge in [0.1, 0.15) is 0 Å². The van der Waals surface area contributed by atoms with Gasteiger partial charge in [-0.1, -0.05) is 6.92 Å². The van der Waals surface area contributed by atoms with Crippen molar-refractivity contribution in [3.63, 3.8) is 0 Å². The summed E-state index contributed by atoms with van der Waals surface area (Å²) in [5.74, 6) is -3.10. The molecule has 0 N–H and O–H groups in total. The number of carbonyl (C=O) groups excluding carboxylic acids is 1. The third-order valence-electron chi connectivity index (χ3n) is 1.96. The fourth-order valence-corrected chi connectivity index (χ4v) is 1.13. The Labute approximate surface area is 74.1 Å². The van der Waals surface area contributed by atoms with Crippen LogP contribution in [0.5, 0.6) is 0 Å². The van der Waals surface area contributed by atoms with Crippen LogP contribution in [0.4, 0.5) is 13.2 Å². The van der Waals surface area contributed by atoms with Crippen molar-refractivity contribution >= 4 is 5.97 Å². The zero-order valence-corrected chi connectivity index (χ0v) is 7.23. The van der Waals surface area contributed by atoms with Crippen LogP contribution in [0.2, 0.25) is 0 Å². The Morgan fingerprint density at radius 1 is 1.54 bits per heavy atom. The minimum Gasteiger partial charge on any atom is -0.465 e.